The first kappa shape index (κ1) is 28.9. The van der Waals surface area contributed by atoms with E-state index >= 15 is 0 Å². The molecule has 0 fully saturated rings. The maximum Gasteiger partial charge on any atom is -0.358 e. The molecule has 24 heavy (non-hydrogen) atoms. The van der Waals surface area contributed by atoms with Crippen LogP contribution in [0.25, 0.3) is 16.5 Å². The average molecular weight is 452 g/mol. The Hall–Kier alpha value is 0.0831. The Morgan fingerprint density at radius 3 is 2.00 bits per heavy atom. The molecule has 2 rings (SSSR count). The van der Waals surface area contributed by atoms with Crippen molar-refractivity contribution in [3.8, 4) is 0 Å². The largest absolute Gasteiger partial charge is 0.358 e. The molecule has 2 nitrogen and oxygen atoms in total. The summed E-state index contributed by atoms with van der Waals surface area (Å²) in [5.41, 5.74) is 8.04. The van der Waals surface area contributed by atoms with Crippen LogP contribution in [0.1, 0.15) is 32.8 Å². The van der Waals surface area contributed by atoms with E-state index in [4.69, 9.17) is 27.9 Å². The smallest absolute Gasteiger partial charge is 0.358 e. The summed E-state index contributed by atoms with van der Waals surface area (Å²) in [6, 6.07) is 12.8. The zero-order valence-corrected chi connectivity index (χ0v) is 19.5. The monoisotopic (exact) mass is 449 g/mol. The van der Waals surface area contributed by atoms with E-state index in [1.54, 1.807) is 0 Å². The fourth-order valence-corrected chi connectivity index (χ4v) is 1.31. The zero-order valence-electron chi connectivity index (χ0n) is 15.5. The molecule has 0 amide bonds. The summed E-state index contributed by atoms with van der Waals surface area (Å²) in [6.45, 7) is 11.2. The maximum absolute atomic E-state index is 7.81. The summed E-state index contributed by atoms with van der Waals surface area (Å²) in [7, 11) is 10.3. The van der Waals surface area contributed by atoms with E-state index in [0.717, 1.165) is 0 Å². The minimum atomic E-state index is -1.85. The van der Waals surface area contributed by atoms with E-state index in [1.807, 2.05) is 20.8 Å². The van der Waals surface area contributed by atoms with Crippen molar-refractivity contribution in [1.29, 1.82) is 0 Å². The summed E-state index contributed by atoms with van der Waals surface area (Å²) in [5.74, 6) is 0. The molecule has 0 aliphatic rings. The van der Waals surface area contributed by atoms with Crippen LogP contribution >= 0.6 is 17.0 Å². The van der Waals surface area contributed by atoms with Gasteiger partial charge < -0.3 is 25.2 Å². The fraction of sp³-hybridized carbons (Fsp3) is 0.368. The normalized spacial score (nSPS) is 9.21. The van der Waals surface area contributed by atoms with Gasteiger partial charge in [0.15, 0.2) is 0 Å². The van der Waals surface area contributed by atoms with Gasteiger partial charge in [-0.15, -0.1) is 46.1 Å². The predicted molar refractivity (Wildman–Crippen MR) is 111 cm³/mol. The quantitative estimate of drug-likeness (QED) is 0.482. The third-order valence-corrected chi connectivity index (χ3v) is 1.92. The summed E-state index contributed by atoms with van der Waals surface area (Å²) >= 11 is -1.85. The van der Waals surface area contributed by atoms with Gasteiger partial charge in [-0.1, -0.05) is 33.8 Å². The number of halogens is 2. The zero-order chi connectivity index (χ0) is 18.5. The molecule has 0 radical (unpaired) electrons. The molecule has 0 unspecified atom stereocenters. The number of fused-ring (bicyclic) bond motifs is 1. The summed E-state index contributed by atoms with van der Waals surface area (Å²) in [5, 5.41) is 10.5. The van der Waals surface area contributed by atoms with Crippen molar-refractivity contribution in [2.45, 2.75) is 39.7 Å². The second kappa shape index (κ2) is 16.5. The van der Waals surface area contributed by atoms with Gasteiger partial charge in [0.05, 0.1) is 0 Å². The van der Waals surface area contributed by atoms with Crippen LogP contribution in [0.3, 0.4) is 0 Å². The van der Waals surface area contributed by atoms with E-state index in [0.29, 0.717) is 6.42 Å². The van der Waals surface area contributed by atoms with Gasteiger partial charge in [0.1, 0.15) is 0 Å². The number of rotatable bonds is 1. The van der Waals surface area contributed by atoms with Crippen molar-refractivity contribution in [3.05, 3.63) is 62.0 Å². The first-order valence-corrected chi connectivity index (χ1v) is 15.3. The Morgan fingerprint density at radius 1 is 1.29 bits per heavy atom. The predicted octanol–water partition coefficient (Wildman–Crippen LogP) is 6.70. The molecular formula is C19H31Cl2NOZr-4. The molecule has 5 heteroatoms. The molecule has 0 spiro atoms. The molecular weight excluding hydrogens is 420 g/mol. The van der Waals surface area contributed by atoms with E-state index in [9.17, 15) is 0 Å². The van der Waals surface area contributed by atoms with Crippen LogP contribution in [0.2, 0.25) is 0 Å². The van der Waals surface area contributed by atoms with Gasteiger partial charge in [0.2, 0.25) is 0 Å². The van der Waals surface area contributed by atoms with E-state index < -0.39 is 18.9 Å². The number of aryl methyl sites for hydroxylation is 1. The number of hydrogen-bond acceptors (Lipinski definition) is 1. The van der Waals surface area contributed by atoms with Crippen molar-refractivity contribution >= 4 is 32.0 Å². The summed E-state index contributed by atoms with van der Waals surface area (Å²) in [4.78, 5) is 0. The fourth-order valence-electron chi connectivity index (χ4n) is 1.31. The van der Waals surface area contributed by atoms with Crippen LogP contribution < -0.4 is 0 Å². The van der Waals surface area contributed by atoms with Crippen molar-refractivity contribution in [3.63, 3.8) is 0 Å². The number of nitrogens with one attached hydrogen (secondary N) is 1. The number of aliphatic hydroxyl groups excluding tert-OH is 1. The topological polar surface area (TPSA) is 44.0 Å². The van der Waals surface area contributed by atoms with Crippen LogP contribution in [0.15, 0.2) is 36.4 Å². The van der Waals surface area contributed by atoms with Crippen molar-refractivity contribution in [2.24, 2.45) is 0 Å². The average Bonchev–Trinajstić information content (AvgIpc) is 2.76. The second-order valence-corrected chi connectivity index (χ2v) is 14.0. The molecule has 140 valence electrons. The Morgan fingerprint density at radius 2 is 1.67 bits per heavy atom. The first-order valence-electron chi connectivity index (χ1n) is 7.28. The molecule has 0 aliphatic heterocycles. The first-order chi connectivity index (χ1) is 10.5. The van der Waals surface area contributed by atoms with Crippen molar-refractivity contribution < 1.29 is 24.0 Å². The van der Waals surface area contributed by atoms with Gasteiger partial charge >= 0.3 is 40.1 Å². The Bertz CT molecular complexity index is 503. The Kier molecular flexibility index (Phi) is 19.9. The maximum atomic E-state index is 7.81. The summed E-state index contributed by atoms with van der Waals surface area (Å²) < 4.78 is 3.37. The SMILES string of the molecule is CC(C)(C)[NH-].Cc1cc2ccccc2[cH-]1.[CH2-]CCO.[CH2]=[Zr]([Cl])[Cl].[CH3-]. The van der Waals surface area contributed by atoms with Gasteiger partial charge in [-0.25, -0.2) is 0 Å². The number of hydrogen-bond donors (Lipinski definition) is 1. The molecule has 0 bridgehead atoms. The van der Waals surface area contributed by atoms with E-state index in [2.05, 4.69) is 54.5 Å². The minimum Gasteiger partial charge on any atom is -0.358 e. The van der Waals surface area contributed by atoms with Gasteiger partial charge in [-0.05, 0) is 0 Å². The molecule has 0 atom stereocenters. The molecule has 0 heterocycles. The molecule has 0 aliphatic carbocycles. The molecule has 2 N–H and O–H groups in total. The van der Waals surface area contributed by atoms with Crippen LogP contribution in [-0.4, -0.2) is 21.5 Å². The Balaban J connectivity index is -0.000000272. The van der Waals surface area contributed by atoms with Crippen LogP contribution in [0.4, 0.5) is 0 Å². The van der Waals surface area contributed by atoms with Gasteiger partial charge in [0, 0.05) is 6.61 Å². The molecule has 2 aromatic carbocycles. The summed E-state index contributed by atoms with van der Waals surface area (Å²) in [6.07, 6.45) is 0.625. The van der Waals surface area contributed by atoms with Gasteiger partial charge in [-0.2, -0.15) is 12.5 Å². The van der Waals surface area contributed by atoms with Gasteiger partial charge in [-0.3, -0.25) is 0 Å². The number of aliphatic hydroxyl groups is 1. The second-order valence-electron chi connectivity index (χ2n) is 5.83. The Labute approximate surface area is 163 Å². The van der Waals surface area contributed by atoms with Crippen LogP contribution in [-0.2, 0) is 18.9 Å². The van der Waals surface area contributed by atoms with Crippen LogP contribution in [0, 0.1) is 21.3 Å². The molecule has 0 aromatic heterocycles. The third kappa shape index (κ3) is 24.3. The number of benzene rings is 1. The molecule has 0 saturated carbocycles. The van der Waals surface area contributed by atoms with E-state index in [-0.39, 0.29) is 19.6 Å². The van der Waals surface area contributed by atoms with Crippen LogP contribution in [0.5, 0.6) is 0 Å². The minimum absolute atomic E-state index is 0. The standard InChI is InChI=1S/C10H9.C4H10N.C3H7O.CH3.CH2.2ClH.Zr/c1-8-6-9-4-2-3-5-10(9)7-8;1-4(2,3)5;1-2-3-4;;;;;/h2-7H,1H3;5H,1-3H3;4H,1-3H2;1H3;1H2;2*1H;/q4*-1;;;;+2/p-2. The van der Waals surface area contributed by atoms with Gasteiger partial charge in [0.25, 0.3) is 0 Å². The third-order valence-electron chi connectivity index (χ3n) is 1.92. The molecule has 2 aromatic rings. The van der Waals surface area contributed by atoms with E-state index in [1.165, 1.54) is 16.3 Å². The van der Waals surface area contributed by atoms with Crippen molar-refractivity contribution in [1.82, 2.24) is 0 Å². The van der Waals surface area contributed by atoms with Crippen molar-refractivity contribution in [2.75, 3.05) is 6.61 Å². The molecule has 0 saturated heterocycles.